The van der Waals surface area contributed by atoms with Gasteiger partial charge in [0.25, 0.3) is 5.78 Å². The lowest BCUT2D eigenvalue weighted by Crippen LogP contribution is -2.29. The van der Waals surface area contributed by atoms with E-state index in [4.69, 9.17) is 14.2 Å². The number of nitrogens with zero attached hydrogens (tertiary/aromatic N) is 2. The summed E-state index contributed by atoms with van der Waals surface area (Å²) in [6.45, 7) is 2.67. The maximum absolute atomic E-state index is 13.6. The molecule has 0 spiro atoms. The van der Waals surface area contributed by atoms with Gasteiger partial charge in [0.15, 0.2) is 16.6 Å². The van der Waals surface area contributed by atoms with E-state index in [-0.39, 0.29) is 11.3 Å². The van der Waals surface area contributed by atoms with Gasteiger partial charge < -0.3 is 19.3 Å². The van der Waals surface area contributed by atoms with Crippen molar-refractivity contribution in [2.75, 3.05) is 25.7 Å². The van der Waals surface area contributed by atoms with Crippen LogP contribution in [0.25, 0.3) is 16.0 Å². The Balaban J connectivity index is 1.64. The fraction of sp³-hybridized carbons (Fsp3) is 0.258. The summed E-state index contributed by atoms with van der Waals surface area (Å²) in [5.74, 6) is -0.130. The van der Waals surface area contributed by atoms with Crippen LogP contribution in [0.3, 0.4) is 0 Å². The zero-order chi connectivity index (χ0) is 28.2. The molecule has 1 N–H and O–H groups in total. The molecule has 0 radical (unpaired) electrons. The smallest absolute Gasteiger partial charge is 0.301 e. The van der Waals surface area contributed by atoms with Crippen LogP contribution in [0.15, 0.2) is 72.3 Å². The molecule has 0 aliphatic carbocycles. The van der Waals surface area contributed by atoms with Crippen molar-refractivity contribution in [1.82, 2.24) is 4.98 Å². The third-order valence-electron chi connectivity index (χ3n) is 6.79. The van der Waals surface area contributed by atoms with E-state index in [0.29, 0.717) is 45.6 Å². The van der Waals surface area contributed by atoms with Gasteiger partial charge in [-0.05, 0) is 42.3 Å². The number of fused-ring (bicyclic) bond motifs is 1. The van der Waals surface area contributed by atoms with E-state index in [1.54, 1.807) is 68.8 Å². The number of unbranched alkanes of at least 4 members (excludes halogenated alkanes) is 2. The summed E-state index contributed by atoms with van der Waals surface area (Å²) in [4.78, 5) is 33.1. The van der Waals surface area contributed by atoms with Gasteiger partial charge in [0, 0.05) is 5.56 Å². The average molecular weight is 559 g/mol. The molecule has 4 aromatic rings. The van der Waals surface area contributed by atoms with E-state index in [2.05, 4.69) is 11.9 Å². The number of hydrogen-bond acceptors (Lipinski definition) is 8. The number of aromatic nitrogens is 1. The number of benzene rings is 3. The molecule has 1 fully saturated rings. The number of ketones is 1. The van der Waals surface area contributed by atoms with Crippen LogP contribution in [-0.2, 0) is 9.59 Å². The molecule has 2 heterocycles. The van der Waals surface area contributed by atoms with Crippen molar-refractivity contribution in [3.63, 3.8) is 0 Å². The Labute approximate surface area is 236 Å². The number of thiazole rings is 1. The van der Waals surface area contributed by atoms with E-state index in [9.17, 15) is 14.7 Å². The number of methoxy groups -OCH3 is 2. The van der Waals surface area contributed by atoms with Gasteiger partial charge in [-0.2, -0.15) is 0 Å². The zero-order valence-corrected chi connectivity index (χ0v) is 23.4. The van der Waals surface area contributed by atoms with Gasteiger partial charge in [-0.1, -0.05) is 67.5 Å². The molecule has 9 heteroatoms. The van der Waals surface area contributed by atoms with Crippen LogP contribution in [0.1, 0.15) is 43.4 Å². The van der Waals surface area contributed by atoms with Gasteiger partial charge in [-0.3, -0.25) is 14.5 Å². The molecule has 1 amide bonds. The summed E-state index contributed by atoms with van der Waals surface area (Å²) in [5, 5.41) is 11.7. The van der Waals surface area contributed by atoms with Crippen molar-refractivity contribution in [2.45, 2.75) is 32.2 Å². The number of Topliss-reactive ketones (excluding diaryl/α,β-unsaturated/α-hetero) is 1. The number of rotatable bonds is 10. The summed E-state index contributed by atoms with van der Waals surface area (Å²) >= 11 is 1.27. The first-order valence-electron chi connectivity index (χ1n) is 13.1. The minimum atomic E-state index is -0.939. The molecular formula is C31H30N2O6S. The molecule has 1 aromatic heterocycles. The number of amides is 1. The monoisotopic (exact) mass is 558 g/mol. The molecule has 0 bridgehead atoms. The second-order valence-electron chi connectivity index (χ2n) is 9.33. The van der Waals surface area contributed by atoms with E-state index in [1.165, 1.54) is 16.2 Å². The van der Waals surface area contributed by atoms with Crippen molar-refractivity contribution >= 4 is 44.1 Å². The minimum Gasteiger partial charge on any atom is -0.507 e. The quantitative estimate of drug-likeness (QED) is 0.103. The van der Waals surface area contributed by atoms with E-state index in [1.807, 2.05) is 12.1 Å². The lowest BCUT2D eigenvalue weighted by molar-refractivity contribution is -0.132. The van der Waals surface area contributed by atoms with Crippen molar-refractivity contribution < 1.29 is 28.9 Å². The fourth-order valence-electron chi connectivity index (χ4n) is 4.73. The largest absolute Gasteiger partial charge is 0.507 e. The van der Waals surface area contributed by atoms with E-state index < -0.39 is 17.7 Å². The van der Waals surface area contributed by atoms with Gasteiger partial charge in [0.1, 0.15) is 11.5 Å². The lowest BCUT2D eigenvalue weighted by atomic mass is 9.95. The molecule has 1 unspecified atom stereocenters. The summed E-state index contributed by atoms with van der Waals surface area (Å²) in [5.41, 5.74) is 1.65. The molecule has 3 aromatic carbocycles. The number of hydrogen-bond donors (Lipinski definition) is 1. The van der Waals surface area contributed by atoms with E-state index in [0.717, 1.165) is 24.0 Å². The van der Waals surface area contributed by atoms with Crippen molar-refractivity contribution in [2.24, 2.45) is 0 Å². The Bertz CT molecular complexity index is 1580. The van der Waals surface area contributed by atoms with E-state index >= 15 is 0 Å². The predicted octanol–water partition coefficient (Wildman–Crippen LogP) is 6.51. The molecule has 206 valence electrons. The van der Waals surface area contributed by atoms with Gasteiger partial charge >= 0.3 is 5.91 Å². The Kier molecular flexibility index (Phi) is 8.02. The SMILES string of the molecule is CCCCCOc1ccc(C2/C(=C(\O)c3ccccc3)C(=O)C(=O)N2c2nc3ccc(OC)cc3s2)cc1OC. The molecule has 40 heavy (non-hydrogen) atoms. The van der Waals surface area contributed by atoms with Gasteiger partial charge in [-0.25, -0.2) is 4.98 Å². The third kappa shape index (κ3) is 5.12. The highest BCUT2D eigenvalue weighted by Crippen LogP contribution is 2.46. The molecule has 5 rings (SSSR count). The number of ether oxygens (including phenoxy) is 3. The second-order valence-corrected chi connectivity index (χ2v) is 10.3. The second kappa shape index (κ2) is 11.8. The Morgan fingerprint density at radius 2 is 1.77 bits per heavy atom. The minimum absolute atomic E-state index is 0.0216. The van der Waals surface area contributed by atoms with Crippen molar-refractivity contribution in [3.8, 4) is 17.2 Å². The highest BCUT2D eigenvalue weighted by Gasteiger charge is 2.48. The number of aliphatic hydroxyl groups excluding tert-OH is 1. The number of carbonyl (C=O) groups excluding carboxylic acids is 2. The first kappa shape index (κ1) is 27.2. The maximum atomic E-state index is 13.6. The third-order valence-corrected chi connectivity index (χ3v) is 7.81. The summed E-state index contributed by atoms with van der Waals surface area (Å²) in [6, 6.07) is 18.5. The normalized spacial score (nSPS) is 16.5. The highest BCUT2D eigenvalue weighted by molar-refractivity contribution is 7.22. The van der Waals surface area contributed by atoms with Crippen molar-refractivity contribution in [1.29, 1.82) is 0 Å². The molecule has 0 saturated carbocycles. The Hall–Kier alpha value is -4.37. The molecule has 1 aliphatic heterocycles. The summed E-state index contributed by atoms with van der Waals surface area (Å²) in [7, 11) is 3.12. The van der Waals surface area contributed by atoms with Crippen LogP contribution in [0.4, 0.5) is 5.13 Å². The molecule has 1 saturated heterocycles. The first-order chi connectivity index (χ1) is 19.5. The fourth-order valence-corrected chi connectivity index (χ4v) is 5.75. The average Bonchev–Trinajstić information content (AvgIpc) is 3.52. The van der Waals surface area contributed by atoms with Gasteiger partial charge in [-0.15, -0.1) is 0 Å². The predicted molar refractivity (Wildman–Crippen MR) is 155 cm³/mol. The van der Waals surface area contributed by atoms with Crippen LogP contribution < -0.4 is 19.1 Å². The number of anilines is 1. The summed E-state index contributed by atoms with van der Waals surface area (Å²) < 4.78 is 17.7. The van der Waals surface area contributed by atoms with Crippen LogP contribution in [0, 0.1) is 0 Å². The molecular weight excluding hydrogens is 528 g/mol. The molecule has 1 aliphatic rings. The highest BCUT2D eigenvalue weighted by atomic mass is 32.1. The van der Waals surface area contributed by atoms with Crippen LogP contribution in [0.5, 0.6) is 17.2 Å². The topological polar surface area (TPSA) is 98.2 Å². The number of carbonyl (C=O) groups is 2. The summed E-state index contributed by atoms with van der Waals surface area (Å²) in [6.07, 6.45) is 3.06. The molecule has 8 nitrogen and oxygen atoms in total. The molecule has 1 atom stereocenters. The Morgan fingerprint density at radius 1 is 0.975 bits per heavy atom. The maximum Gasteiger partial charge on any atom is 0.301 e. The zero-order valence-electron chi connectivity index (χ0n) is 22.5. The van der Waals surface area contributed by atoms with Crippen LogP contribution >= 0.6 is 11.3 Å². The van der Waals surface area contributed by atoms with Crippen LogP contribution in [-0.4, -0.2) is 42.6 Å². The first-order valence-corrected chi connectivity index (χ1v) is 13.9. The number of aliphatic hydroxyl groups is 1. The van der Waals surface area contributed by atoms with Gasteiger partial charge in [0.2, 0.25) is 0 Å². The Morgan fingerprint density at radius 3 is 2.50 bits per heavy atom. The van der Waals surface area contributed by atoms with Crippen LogP contribution in [0.2, 0.25) is 0 Å². The van der Waals surface area contributed by atoms with Crippen molar-refractivity contribution in [3.05, 3.63) is 83.4 Å². The standard InChI is InChI=1S/C31H30N2O6S/c1-4-5-9-16-39-23-15-12-20(17-24(23)38-3)27-26(28(34)19-10-7-6-8-11-19)29(35)30(36)33(27)31-32-22-14-13-21(37-2)18-25(22)40-31/h6-8,10-15,17-18,27,34H,4-5,9,16H2,1-3H3/b28-26+. The lowest BCUT2D eigenvalue weighted by Gasteiger charge is -2.24. The van der Waals surface area contributed by atoms with Gasteiger partial charge in [0.05, 0.1) is 42.7 Å².